The Morgan fingerprint density at radius 2 is 1.69 bits per heavy atom. The van der Waals surface area contributed by atoms with E-state index in [0.29, 0.717) is 17.8 Å². The van der Waals surface area contributed by atoms with Crippen LogP contribution in [-0.2, 0) is 22.6 Å². The summed E-state index contributed by atoms with van der Waals surface area (Å²) in [5, 5.41) is 6.61. The molecule has 1 unspecified atom stereocenters. The van der Waals surface area contributed by atoms with E-state index in [1.54, 1.807) is 24.3 Å². The Bertz CT molecular complexity index is 939. The second kappa shape index (κ2) is 9.64. The first-order chi connectivity index (χ1) is 14.0. The monoisotopic (exact) mass is 393 g/mol. The minimum absolute atomic E-state index is 0.110. The van der Waals surface area contributed by atoms with Gasteiger partial charge in [-0.2, -0.15) is 4.98 Å². The van der Waals surface area contributed by atoms with Gasteiger partial charge < -0.3 is 14.6 Å². The minimum atomic E-state index is -0.849. The molecule has 0 saturated carbocycles. The molecule has 0 fully saturated rings. The van der Waals surface area contributed by atoms with Crippen LogP contribution in [0.1, 0.15) is 47.4 Å². The number of aromatic nitrogens is 2. The van der Waals surface area contributed by atoms with Crippen molar-refractivity contribution >= 4 is 11.9 Å². The van der Waals surface area contributed by atoms with Crippen LogP contribution in [0.2, 0.25) is 0 Å². The Hall–Kier alpha value is -3.48. The van der Waals surface area contributed by atoms with E-state index in [0.717, 1.165) is 5.56 Å². The Morgan fingerprint density at radius 1 is 1.03 bits per heavy atom. The largest absolute Gasteiger partial charge is 0.454 e. The Balaban J connectivity index is 1.68. The normalized spacial score (nSPS) is 11.8. The second-order valence-electron chi connectivity index (χ2n) is 6.89. The molecule has 1 atom stereocenters. The van der Waals surface area contributed by atoms with Gasteiger partial charge in [-0.15, -0.1) is 0 Å². The summed E-state index contributed by atoms with van der Waals surface area (Å²) in [7, 11) is 0. The fourth-order valence-corrected chi connectivity index (χ4v) is 2.67. The molecular formula is C22H23N3O4. The predicted octanol–water partition coefficient (Wildman–Crippen LogP) is 3.28. The molecule has 1 N–H and O–H groups in total. The zero-order valence-corrected chi connectivity index (χ0v) is 16.4. The molecule has 0 spiro atoms. The number of carbonyl (C=O) groups is 2. The van der Waals surface area contributed by atoms with Crippen LogP contribution in [0, 0.1) is 0 Å². The van der Waals surface area contributed by atoms with Gasteiger partial charge in [0.05, 0.1) is 0 Å². The Morgan fingerprint density at radius 3 is 2.31 bits per heavy atom. The summed E-state index contributed by atoms with van der Waals surface area (Å²) in [6.45, 7) is 3.73. The van der Waals surface area contributed by atoms with Crippen molar-refractivity contribution in [2.75, 3.05) is 0 Å². The quantitative estimate of drug-likeness (QED) is 0.590. The number of carbonyl (C=O) groups excluding carboxylic acids is 2. The molecule has 29 heavy (non-hydrogen) atoms. The third-order valence-electron chi connectivity index (χ3n) is 4.25. The molecule has 1 heterocycles. The van der Waals surface area contributed by atoms with Crippen LogP contribution in [0.25, 0.3) is 0 Å². The molecule has 0 aliphatic rings. The van der Waals surface area contributed by atoms with Gasteiger partial charge in [0.1, 0.15) is 6.04 Å². The lowest BCUT2D eigenvalue weighted by atomic mass is 10.1. The standard InChI is InChI=1S/C22H23N3O4/c1-15(2)20-24-19(29-25-20)14-28-22(27)18(13-16-9-5-3-6-10-16)23-21(26)17-11-7-4-8-12-17/h3-12,15,18H,13-14H2,1-2H3,(H,23,26). The van der Waals surface area contributed by atoms with E-state index in [9.17, 15) is 9.59 Å². The number of nitrogens with zero attached hydrogens (tertiary/aromatic N) is 2. The molecule has 3 aromatic rings. The summed E-state index contributed by atoms with van der Waals surface area (Å²) in [4.78, 5) is 29.4. The van der Waals surface area contributed by atoms with Crippen LogP contribution >= 0.6 is 0 Å². The molecule has 0 bridgehead atoms. The summed E-state index contributed by atoms with van der Waals surface area (Å²) in [6, 6.07) is 17.3. The van der Waals surface area contributed by atoms with Crippen molar-refractivity contribution in [1.29, 1.82) is 0 Å². The average Bonchev–Trinajstić information content (AvgIpc) is 3.22. The third-order valence-corrected chi connectivity index (χ3v) is 4.25. The number of hydrogen-bond donors (Lipinski definition) is 1. The minimum Gasteiger partial charge on any atom is -0.454 e. The molecule has 7 heteroatoms. The predicted molar refractivity (Wildman–Crippen MR) is 106 cm³/mol. The van der Waals surface area contributed by atoms with E-state index >= 15 is 0 Å². The first-order valence-corrected chi connectivity index (χ1v) is 9.42. The number of esters is 1. The first-order valence-electron chi connectivity index (χ1n) is 9.42. The molecule has 0 aliphatic heterocycles. The van der Waals surface area contributed by atoms with Crippen LogP contribution < -0.4 is 5.32 Å². The molecule has 1 amide bonds. The molecule has 1 aromatic heterocycles. The first kappa shape index (κ1) is 20.3. The third kappa shape index (κ3) is 5.75. The topological polar surface area (TPSA) is 94.3 Å². The maximum absolute atomic E-state index is 12.7. The lowest BCUT2D eigenvalue weighted by Crippen LogP contribution is -2.43. The lowest BCUT2D eigenvalue weighted by Gasteiger charge is -2.17. The van der Waals surface area contributed by atoms with Gasteiger partial charge in [0.15, 0.2) is 12.4 Å². The molecule has 7 nitrogen and oxygen atoms in total. The van der Waals surface area contributed by atoms with Gasteiger partial charge in [-0.05, 0) is 17.7 Å². The van der Waals surface area contributed by atoms with Crippen LogP contribution in [0.4, 0.5) is 0 Å². The molecule has 0 aliphatic carbocycles. The zero-order chi connectivity index (χ0) is 20.6. The van der Waals surface area contributed by atoms with Crippen molar-refractivity contribution in [3.05, 3.63) is 83.5 Å². The highest BCUT2D eigenvalue weighted by atomic mass is 16.6. The smallest absolute Gasteiger partial charge is 0.329 e. The highest BCUT2D eigenvalue weighted by molar-refractivity contribution is 5.96. The maximum atomic E-state index is 12.7. The van der Waals surface area contributed by atoms with Gasteiger partial charge >= 0.3 is 5.97 Å². The number of hydrogen-bond acceptors (Lipinski definition) is 6. The van der Waals surface area contributed by atoms with Crippen LogP contribution in [0.15, 0.2) is 65.2 Å². The van der Waals surface area contributed by atoms with E-state index in [1.807, 2.05) is 50.2 Å². The molecule has 0 saturated heterocycles. The Labute approximate surface area is 169 Å². The zero-order valence-electron chi connectivity index (χ0n) is 16.4. The molecule has 0 radical (unpaired) electrons. The van der Waals surface area contributed by atoms with Crippen molar-refractivity contribution in [1.82, 2.24) is 15.5 Å². The van der Waals surface area contributed by atoms with Crippen molar-refractivity contribution < 1.29 is 18.8 Å². The molecule has 3 rings (SSSR count). The summed E-state index contributed by atoms with van der Waals surface area (Å²) in [5.74, 6) is -0.0332. The van der Waals surface area contributed by atoms with Crippen molar-refractivity contribution in [2.24, 2.45) is 0 Å². The van der Waals surface area contributed by atoms with Gasteiger partial charge in [-0.1, -0.05) is 67.5 Å². The number of rotatable bonds is 8. The van der Waals surface area contributed by atoms with E-state index in [4.69, 9.17) is 9.26 Å². The highest BCUT2D eigenvalue weighted by Gasteiger charge is 2.24. The lowest BCUT2D eigenvalue weighted by molar-refractivity contribution is -0.148. The number of nitrogens with one attached hydrogen (secondary N) is 1. The van der Waals surface area contributed by atoms with Crippen molar-refractivity contribution in [2.45, 2.75) is 38.8 Å². The Kier molecular flexibility index (Phi) is 6.73. The van der Waals surface area contributed by atoms with Gasteiger partial charge in [-0.3, -0.25) is 4.79 Å². The van der Waals surface area contributed by atoms with Gasteiger partial charge in [0.25, 0.3) is 11.8 Å². The van der Waals surface area contributed by atoms with Gasteiger partial charge in [0, 0.05) is 17.9 Å². The van der Waals surface area contributed by atoms with E-state index in [1.165, 1.54) is 0 Å². The van der Waals surface area contributed by atoms with E-state index in [2.05, 4.69) is 15.5 Å². The molecule has 150 valence electrons. The summed E-state index contributed by atoms with van der Waals surface area (Å²) < 4.78 is 10.4. The second-order valence-corrected chi connectivity index (χ2v) is 6.89. The molecular weight excluding hydrogens is 370 g/mol. The highest BCUT2D eigenvalue weighted by Crippen LogP contribution is 2.11. The van der Waals surface area contributed by atoms with E-state index < -0.39 is 12.0 Å². The van der Waals surface area contributed by atoms with Crippen LogP contribution in [0.3, 0.4) is 0 Å². The van der Waals surface area contributed by atoms with Crippen molar-refractivity contribution in [3.63, 3.8) is 0 Å². The summed E-state index contributed by atoms with van der Waals surface area (Å²) >= 11 is 0. The van der Waals surface area contributed by atoms with E-state index in [-0.39, 0.29) is 24.3 Å². The molecule has 2 aromatic carbocycles. The van der Waals surface area contributed by atoms with Gasteiger partial charge in [-0.25, -0.2) is 4.79 Å². The fourth-order valence-electron chi connectivity index (χ4n) is 2.67. The summed E-state index contributed by atoms with van der Waals surface area (Å²) in [5.41, 5.74) is 1.37. The maximum Gasteiger partial charge on any atom is 0.329 e. The fraction of sp³-hybridized carbons (Fsp3) is 0.273. The van der Waals surface area contributed by atoms with Crippen LogP contribution in [0.5, 0.6) is 0 Å². The van der Waals surface area contributed by atoms with Gasteiger partial charge in [0.2, 0.25) is 0 Å². The number of ether oxygens (including phenoxy) is 1. The number of amides is 1. The van der Waals surface area contributed by atoms with Crippen LogP contribution in [-0.4, -0.2) is 28.1 Å². The van der Waals surface area contributed by atoms with Crippen molar-refractivity contribution in [3.8, 4) is 0 Å². The summed E-state index contributed by atoms with van der Waals surface area (Å²) in [6.07, 6.45) is 0.305. The SMILES string of the molecule is CC(C)c1noc(COC(=O)C(Cc2ccccc2)NC(=O)c2ccccc2)n1. The average molecular weight is 393 g/mol. The number of benzene rings is 2.